The summed E-state index contributed by atoms with van der Waals surface area (Å²) in [6.45, 7) is 17.8. The molecule has 6 rings (SSSR count). The zero-order valence-corrected chi connectivity index (χ0v) is 33.6. The molecule has 0 unspecified atom stereocenters. The van der Waals surface area contributed by atoms with Crippen molar-refractivity contribution >= 4 is 30.7 Å². The molecule has 3 heteroatoms. The third-order valence-electron chi connectivity index (χ3n) is 8.96. The molecule has 6 aromatic rings. The van der Waals surface area contributed by atoms with Gasteiger partial charge < -0.3 is 0 Å². The van der Waals surface area contributed by atoms with Gasteiger partial charge in [0.1, 0.15) is 0 Å². The van der Waals surface area contributed by atoms with Crippen LogP contribution >= 0.6 is 16.4 Å². The Morgan fingerprint density at radius 2 is 0.745 bits per heavy atom. The molecule has 47 heavy (non-hydrogen) atoms. The summed E-state index contributed by atoms with van der Waals surface area (Å²) in [5, 5.41) is 6.30. The van der Waals surface area contributed by atoms with Crippen molar-refractivity contribution < 1.29 is 24.2 Å². The van der Waals surface area contributed by atoms with Crippen molar-refractivity contribution in [3.05, 3.63) is 193 Å². The van der Waals surface area contributed by atoms with Gasteiger partial charge in [-0.3, -0.25) is 0 Å². The van der Waals surface area contributed by atoms with Crippen molar-refractivity contribution in [3.63, 3.8) is 0 Å². The van der Waals surface area contributed by atoms with Crippen LogP contribution in [0.1, 0.15) is 65.7 Å². The fourth-order valence-corrected chi connectivity index (χ4v) is 9.20. The summed E-state index contributed by atoms with van der Waals surface area (Å²) in [7, 11) is 1.95. The molecule has 2 heterocycles. The Bertz CT molecular complexity index is 1810. The van der Waals surface area contributed by atoms with Crippen LogP contribution in [0.4, 0.5) is 0 Å². The number of hydrogen-bond donors (Lipinski definition) is 0. The fraction of sp³-hybridized carbons (Fsp3) is 0.182. The molecule has 0 spiro atoms. The van der Waals surface area contributed by atoms with Gasteiger partial charge in [0.25, 0.3) is 0 Å². The molecule has 0 atom stereocenters. The van der Waals surface area contributed by atoms with Crippen molar-refractivity contribution in [2.24, 2.45) is 0 Å². The number of rotatable bonds is 6. The van der Waals surface area contributed by atoms with Crippen molar-refractivity contribution in [3.8, 4) is 0 Å². The molecule has 0 aliphatic carbocycles. The van der Waals surface area contributed by atoms with Crippen LogP contribution in [-0.2, 0) is 24.2 Å². The minimum absolute atomic E-state index is 0.976. The summed E-state index contributed by atoms with van der Waals surface area (Å²) >= 11 is 1.40. The summed E-state index contributed by atoms with van der Waals surface area (Å²) in [5.74, 6) is 0. The van der Waals surface area contributed by atoms with Crippen molar-refractivity contribution in [1.29, 1.82) is 0 Å². The second kappa shape index (κ2) is 17.8. The molecule has 0 saturated carbocycles. The van der Waals surface area contributed by atoms with Gasteiger partial charge in [0.2, 0.25) is 0 Å². The maximum absolute atomic E-state index is 2.31. The molecule has 2 aromatic heterocycles. The summed E-state index contributed by atoms with van der Waals surface area (Å²) in [6.07, 6.45) is 2.31. The number of hydrogen-bond acceptors (Lipinski definition) is 0. The molecular formula is C44H47P2Zr-. The van der Waals surface area contributed by atoms with Gasteiger partial charge >= 0.3 is 189 Å². The van der Waals surface area contributed by atoms with Gasteiger partial charge in [-0.25, -0.2) is 0 Å². The van der Waals surface area contributed by atoms with Crippen molar-refractivity contribution in [1.82, 2.24) is 0 Å². The molecule has 0 N–H and O–H groups in total. The Hall–Kier alpha value is -3.20. The van der Waals surface area contributed by atoms with Gasteiger partial charge in [0.15, 0.2) is 0 Å². The number of aryl methyl sites for hydroxylation is 4. The van der Waals surface area contributed by atoms with E-state index in [0.29, 0.717) is 0 Å². The first kappa shape index (κ1) is 36.6. The van der Waals surface area contributed by atoms with E-state index in [9.17, 15) is 0 Å². The van der Waals surface area contributed by atoms with E-state index in [1.807, 2.05) is 0 Å². The average Bonchev–Trinajstić information content (AvgIpc) is 3.47. The summed E-state index contributed by atoms with van der Waals surface area (Å²) in [6, 6.07) is 42.7. The molecule has 0 aliphatic heterocycles. The molecule has 0 radical (unpaired) electrons. The Morgan fingerprint density at radius 1 is 0.426 bits per heavy atom. The number of allylic oxidation sites excluding steroid dienone is 2. The first-order valence-corrected chi connectivity index (χ1v) is 19.4. The minimum atomic E-state index is 0.976. The summed E-state index contributed by atoms with van der Waals surface area (Å²) in [5.41, 5.74) is 13.6. The van der Waals surface area contributed by atoms with E-state index in [2.05, 4.69) is 183 Å². The van der Waals surface area contributed by atoms with Gasteiger partial charge in [0, 0.05) is 0 Å². The van der Waals surface area contributed by atoms with Gasteiger partial charge in [-0.05, 0) is 98.8 Å². The van der Waals surface area contributed by atoms with Crippen LogP contribution < -0.4 is 0 Å². The van der Waals surface area contributed by atoms with E-state index in [4.69, 9.17) is 0 Å². The second-order valence-electron chi connectivity index (χ2n) is 12.1. The Labute approximate surface area is 301 Å². The molecule has 0 bridgehead atoms. The molecule has 238 valence electrons. The monoisotopic (exact) mass is 727 g/mol. The fourth-order valence-electron chi connectivity index (χ4n) is 5.48. The van der Waals surface area contributed by atoms with Crippen molar-refractivity contribution in [2.45, 2.75) is 55.4 Å². The maximum atomic E-state index is 2.31. The van der Waals surface area contributed by atoms with Crippen LogP contribution in [0.3, 0.4) is 0 Å². The first-order chi connectivity index (χ1) is 22.6. The summed E-state index contributed by atoms with van der Waals surface area (Å²) in [4.78, 5) is 0. The molecule has 0 fully saturated rings. The van der Waals surface area contributed by atoms with Crippen LogP contribution in [0.15, 0.2) is 121 Å². The third-order valence-corrected chi connectivity index (χ3v) is 13.3. The van der Waals surface area contributed by atoms with E-state index in [-0.39, 0.29) is 0 Å². The molecule has 0 nitrogen and oxygen atoms in total. The number of benzene rings is 4. The van der Waals surface area contributed by atoms with Crippen LogP contribution in [0.25, 0.3) is 11.1 Å². The standard InChI is InChI=1S/C28H21.2C8H13P.Zr/c1-5-13-23(14-6-1)21-27(25-17-9-3-10-18-25)28(26-19-11-4-12-20-26)22-24-15-7-2-8-16-24;2*1-5-6(2)8(4)9-7(5)3;/h1-21H;2*9H,1-4H3;/q-1;;;. The summed E-state index contributed by atoms with van der Waals surface area (Å²) < 4.78 is 1.36. The van der Waals surface area contributed by atoms with Crippen LogP contribution in [0, 0.1) is 61.8 Å². The Balaban J connectivity index is 0.000000225. The zero-order valence-electron chi connectivity index (χ0n) is 29.1. The molecule has 0 amide bonds. The SMILES string of the molecule is Cc1[pH]c(C)c(C)c1C.Cc1[pH]c(C)c(C)c1C.[Zr]=[C](C(=C([CH-]c1ccccc1)c1ccccc1)c1ccccc1)c1ccccc1. The molecular weight excluding hydrogens is 682 g/mol. The zero-order chi connectivity index (χ0) is 33.9. The normalized spacial score (nSPS) is 11.0. The van der Waals surface area contributed by atoms with E-state index >= 15 is 0 Å². The average molecular weight is 729 g/mol. The third kappa shape index (κ3) is 9.91. The van der Waals surface area contributed by atoms with Gasteiger partial charge in [-0.2, -0.15) is 0 Å². The van der Waals surface area contributed by atoms with Crippen LogP contribution in [0.5, 0.6) is 0 Å². The van der Waals surface area contributed by atoms with E-state index in [1.165, 1.54) is 83.1 Å². The Kier molecular flexibility index (Phi) is 13.9. The molecule has 0 aliphatic rings. The predicted molar refractivity (Wildman–Crippen MR) is 210 cm³/mol. The van der Waals surface area contributed by atoms with Gasteiger partial charge in [0.05, 0.1) is 0 Å². The second-order valence-corrected chi connectivity index (χ2v) is 16.8. The van der Waals surface area contributed by atoms with Crippen molar-refractivity contribution in [2.75, 3.05) is 0 Å². The van der Waals surface area contributed by atoms with Crippen LogP contribution in [0.2, 0.25) is 0 Å². The first-order valence-electron chi connectivity index (χ1n) is 16.2. The quantitative estimate of drug-likeness (QED) is 0.118. The van der Waals surface area contributed by atoms with Gasteiger partial charge in [-0.15, -0.1) is 16.4 Å². The Morgan fingerprint density at radius 3 is 1.09 bits per heavy atom. The van der Waals surface area contributed by atoms with Gasteiger partial charge in [-0.1, -0.05) is 0 Å². The predicted octanol–water partition coefficient (Wildman–Crippen LogP) is 12.5. The van der Waals surface area contributed by atoms with Crippen LogP contribution in [-0.4, -0.2) is 3.21 Å². The van der Waals surface area contributed by atoms with E-state index < -0.39 is 0 Å². The topological polar surface area (TPSA) is 0 Å². The molecule has 0 saturated heterocycles. The van der Waals surface area contributed by atoms with E-state index in [1.54, 1.807) is 21.2 Å². The van der Waals surface area contributed by atoms with E-state index in [0.717, 1.165) is 16.4 Å². The molecule has 4 aromatic carbocycles.